The summed E-state index contributed by atoms with van der Waals surface area (Å²) >= 11 is 1.19. The number of hydrogen-bond donors (Lipinski definition) is 2. The highest BCUT2D eigenvalue weighted by Crippen LogP contribution is 2.26. The second-order valence-electron chi connectivity index (χ2n) is 5.34. The second-order valence-corrected chi connectivity index (χ2v) is 6.25. The van der Waals surface area contributed by atoms with E-state index in [-0.39, 0.29) is 30.2 Å². The van der Waals surface area contributed by atoms with E-state index < -0.39 is 5.91 Å². The van der Waals surface area contributed by atoms with Crippen LogP contribution in [0.5, 0.6) is 0 Å². The van der Waals surface area contributed by atoms with E-state index in [2.05, 4.69) is 5.32 Å². The lowest BCUT2D eigenvalue weighted by atomic mass is 10.0. The van der Waals surface area contributed by atoms with E-state index in [1.165, 1.54) is 29.5 Å². The van der Waals surface area contributed by atoms with Crippen LogP contribution in [0.15, 0.2) is 35.7 Å². The Bertz CT molecular complexity index is 752. The molecule has 2 heterocycles. The van der Waals surface area contributed by atoms with Crippen molar-refractivity contribution in [1.82, 2.24) is 10.2 Å². The lowest BCUT2D eigenvalue weighted by Gasteiger charge is -2.36. The van der Waals surface area contributed by atoms with Gasteiger partial charge < -0.3 is 16.0 Å². The predicted octanol–water partition coefficient (Wildman–Crippen LogP) is 2.19. The molecule has 3 rings (SSSR count). The fourth-order valence-electron chi connectivity index (χ4n) is 2.68. The van der Waals surface area contributed by atoms with Gasteiger partial charge in [0.1, 0.15) is 5.82 Å². The van der Waals surface area contributed by atoms with Gasteiger partial charge in [0.25, 0.3) is 5.91 Å². The molecular formula is C16H17ClFN3O2S. The minimum absolute atomic E-state index is 0. The number of piperazine rings is 1. The van der Waals surface area contributed by atoms with Crippen LogP contribution in [0.1, 0.15) is 31.6 Å². The molecule has 128 valence electrons. The lowest BCUT2D eigenvalue weighted by molar-refractivity contribution is 0.0639. The Morgan fingerprint density at radius 3 is 2.79 bits per heavy atom. The minimum atomic E-state index is -0.553. The fourth-order valence-corrected chi connectivity index (χ4v) is 3.53. The van der Waals surface area contributed by atoms with Gasteiger partial charge in [-0.25, -0.2) is 4.39 Å². The van der Waals surface area contributed by atoms with Crippen molar-refractivity contribution >= 4 is 35.6 Å². The largest absolute Gasteiger partial charge is 0.366 e. The molecule has 0 spiro atoms. The molecule has 0 aliphatic carbocycles. The molecule has 3 N–H and O–H groups in total. The third kappa shape index (κ3) is 3.75. The van der Waals surface area contributed by atoms with Crippen molar-refractivity contribution in [3.8, 4) is 0 Å². The van der Waals surface area contributed by atoms with Gasteiger partial charge in [0.05, 0.1) is 16.5 Å². The number of nitrogens with one attached hydrogen (secondary N) is 1. The Kier molecular flexibility index (Phi) is 5.93. The van der Waals surface area contributed by atoms with E-state index in [1.807, 2.05) is 6.07 Å². The smallest absolute Gasteiger partial charge is 0.264 e. The number of primary amides is 1. The fraction of sp³-hybridized carbons (Fsp3) is 0.250. The summed E-state index contributed by atoms with van der Waals surface area (Å²) < 4.78 is 13.5. The SMILES string of the molecule is Cl.NC(=O)c1csc(C(=O)N2CCNCC2c2cccc(F)c2)c1. The third-order valence-electron chi connectivity index (χ3n) is 3.83. The first-order valence-electron chi connectivity index (χ1n) is 7.22. The van der Waals surface area contributed by atoms with E-state index in [1.54, 1.807) is 16.3 Å². The zero-order valence-corrected chi connectivity index (χ0v) is 14.3. The van der Waals surface area contributed by atoms with Crippen molar-refractivity contribution in [2.75, 3.05) is 19.6 Å². The number of rotatable bonds is 3. The zero-order valence-electron chi connectivity index (χ0n) is 12.7. The molecule has 24 heavy (non-hydrogen) atoms. The lowest BCUT2D eigenvalue weighted by Crippen LogP contribution is -2.48. The van der Waals surface area contributed by atoms with E-state index >= 15 is 0 Å². The normalized spacial score (nSPS) is 17.2. The molecule has 1 aromatic carbocycles. The van der Waals surface area contributed by atoms with Crippen molar-refractivity contribution in [3.05, 3.63) is 57.5 Å². The molecule has 1 fully saturated rings. The number of nitrogens with two attached hydrogens (primary N) is 1. The van der Waals surface area contributed by atoms with Crippen LogP contribution in [-0.2, 0) is 0 Å². The summed E-state index contributed by atoms with van der Waals surface area (Å²) in [5, 5.41) is 4.80. The first kappa shape index (κ1) is 18.4. The Morgan fingerprint density at radius 2 is 2.12 bits per heavy atom. The Hall–Kier alpha value is -1.96. The number of nitrogens with zero attached hydrogens (tertiary/aromatic N) is 1. The van der Waals surface area contributed by atoms with Crippen LogP contribution in [0.4, 0.5) is 4.39 Å². The highest BCUT2D eigenvalue weighted by Gasteiger charge is 2.29. The average molecular weight is 370 g/mol. The molecule has 1 unspecified atom stereocenters. The van der Waals surface area contributed by atoms with Crippen molar-refractivity contribution in [2.45, 2.75) is 6.04 Å². The number of benzene rings is 1. The average Bonchev–Trinajstić information content (AvgIpc) is 3.04. The van der Waals surface area contributed by atoms with Crippen LogP contribution in [0, 0.1) is 5.82 Å². The third-order valence-corrected chi connectivity index (χ3v) is 4.75. The van der Waals surface area contributed by atoms with E-state index in [0.717, 1.165) is 5.56 Å². The topological polar surface area (TPSA) is 75.4 Å². The van der Waals surface area contributed by atoms with Crippen LogP contribution in [-0.4, -0.2) is 36.3 Å². The summed E-state index contributed by atoms with van der Waals surface area (Å²) in [5.41, 5.74) is 6.31. The first-order valence-corrected chi connectivity index (χ1v) is 8.09. The number of amides is 2. The molecule has 2 amide bonds. The summed E-state index contributed by atoms with van der Waals surface area (Å²) in [5.74, 6) is -1.05. The van der Waals surface area contributed by atoms with Gasteiger partial charge in [-0.15, -0.1) is 23.7 Å². The molecule has 0 saturated carbocycles. The van der Waals surface area contributed by atoms with Crippen LogP contribution in [0.3, 0.4) is 0 Å². The van der Waals surface area contributed by atoms with E-state index in [0.29, 0.717) is 30.1 Å². The number of halogens is 2. The van der Waals surface area contributed by atoms with Crippen LogP contribution >= 0.6 is 23.7 Å². The van der Waals surface area contributed by atoms with Gasteiger partial charge in [-0.3, -0.25) is 9.59 Å². The standard InChI is InChI=1S/C16H16FN3O2S.ClH/c17-12-3-1-2-10(6-12)13-8-19-4-5-20(13)16(22)14-7-11(9-23-14)15(18)21;/h1-3,6-7,9,13,19H,4-5,8H2,(H2,18,21);1H. The highest BCUT2D eigenvalue weighted by atomic mass is 35.5. The number of carbonyl (C=O) groups excluding carboxylic acids is 2. The number of hydrogen-bond acceptors (Lipinski definition) is 4. The van der Waals surface area contributed by atoms with Crippen molar-refractivity contribution in [3.63, 3.8) is 0 Å². The van der Waals surface area contributed by atoms with Crippen LogP contribution < -0.4 is 11.1 Å². The first-order chi connectivity index (χ1) is 11.1. The molecule has 8 heteroatoms. The van der Waals surface area contributed by atoms with E-state index in [4.69, 9.17) is 5.73 Å². The highest BCUT2D eigenvalue weighted by molar-refractivity contribution is 7.12. The molecular weight excluding hydrogens is 353 g/mol. The number of thiophene rings is 1. The van der Waals surface area contributed by atoms with Gasteiger partial charge in [0.15, 0.2) is 0 Å². The Labute approximate surface area is 149 Å². The van der Waals surface area contributed by atoms with Gasteiger partial charge in [0.2, 0.25) is 5.91 Å². The summed E-state index contributed by atoms with van der Waals surface area (Å²) in [4.78, 5) is 26.1. The molecule has 1 aromatic heterocycles. The maximum atomic E-state index is 13.5. The summed E-state index contributed by atoms with van der Waals surface area (Å²) in [7, 11) is 0. The maximum absolute atomic E-state index is 13.5. The van der Waals surface area contributed by atoms with Crippen LogP contribution in [0.25, 0.3) is 0 Å². The monoisotopic (exact) mass is 369 g/mol. The molecule has 1 aliphatic rings. The Balaban J connectivity index is 0.00000208. The van der Waals surface area contributed by atoms with Gasteiger partial charge in [-0.05, 0) is 23.8 Å². The molecule has 0 radical (unpaired) electrons. The van der Waals surface area contributed by atoms with E-state index in [9.17, 15) is 14.0 Å². The molecule has 0 bridgehead atoms. The summed E-state index contributed by atoms with van der Waals surface area (Å²) in [6.07, 6.45) is 0. The van der Waals surface area contributed by atoms with Crippen LogP contribution in [0.2, 0.25) is 0 Å². The molecule has 1 atom stereocenters. The summed E-state index contributed by atoms with van der Waals surface area (Å²) in [6, 6.07) is 7.54. The molecule has 5 nitrogen and oxygen atoms in total. The minimum Gasteiger partial charge on any atom is -0.366 e. The van der Waals surface area contributed by atoms with Gasteiger partial charge in [-0.1, -0.05) is 12.1 Å². The zero-order chi connectivity index (χ0) is 16.4. The predicted molar refractivity (Wildman–Crippen MR) is 93.1 cm³/mol. The van der Waals surface area contributed by atoms with Crippen molar-refractivity contribution in [2.24, 2.45) is 5.73 Å². The van der Waals surface area contributed by atoms with Gasteiger partial charge in [0, 0.05) is 25.0 Å². The van der Waals surface area contributed by atoms with Crippen molar-refractivity contribution in [1.29, 1.82) is 0 Å². The molecule has 1 aliphatic heterocycles. The van der Waals surface area contributed by atoms with Gasteiger partial charge >= 0.3 is 0 Å². The quantitative estimate of drug-likeness (QED) is 0.870. The Morgan fingerprint density at radius 1 is 1.33 bits per heavy atom. The molecule has 2 aromatic rings. The van der Waals surface area contributed by atoms with Crippen molar-refractivity contribution < 1.29 is 14.0 Å². The molecule has 1 saturated heterocycles. The maximum Gasteiger partial charge on any atom is 0.264 e. The van der Waals surface area contributed by atoms with Gasteiger partial charge in [-0.2, -0.15) is 0 Å². The second kappa shape index (κ2) is 7.74. The number of carbonyl (C=O) groups is 2. The summed E-state index contributed by atoms with van der Waals surface area (Å²) in [6.45, 7) is 1.75.